The van der Waals surface area contributed by atoms with Gasteiger partial charge in [-0.25, -0.2) is 10.9 Å². The molecule has 5 nitrogen and oxygen atoms in total. The van der Waals surface area contributed by atoms with Crippen molar-refractivity contribution in [2.45, 2.75) is 50.4 Å². The van der Waals surface area contributed by atoms with Crippen LogP contribution in [-0.2, 0) is 4.79 Å². The molecule has 4 unspecified atom stereocenters. The number of piperidine rings is 1. The minimum Gasteiger partial charge on any atom is -0.350 e. The molecule has 1 aromatic rings. The minimum absolute atomic E-state index is 0. The second-order valence-electron chi connectivity index (χ2n) is 6.18. The molecule has 0 spiro atoms. The predicted octanol–water partition coefficient (Wildman–Crippen LogP) is 1.93. The Morgan fingerprint density at radius 2 is 2.00 bits per heavy atom. The Morgan fingerprint density at radius 1 is 1.26 bits per heavy atom. The van der Waals surface area contributed by atoms with Crippen molar-refractivity contribution in [3.63, 3.8) is 0 Å². The molecule has 23 heavy (non-hydrogen) atoms. The Morgan fingerprint density at radius 3 is 2.70 bits per heavy atom. The first-order valence-corrected chi connectivity index (χ1v) is 8.31. The van der Waals surface area contributed by atoms with Crippen LogP contribution in [0.25, 0.3) is 0 Å². The molecule has 3 rings (SSSR count). The summed E-state index contributed by atoms with van der Waals surface area (Å²) in [5, 5.41) is 7.30. The zero-order valence-corrected chi connectivity index (χ0v) is 14.7. The fourth-order valence-corrected chi connectivity index (χ4v) is 3.29. The molecule has 2 fully saturated rings. The van der Waals surface area contributed by atoms with Gasteiger partial charge in [0.2, 0.25) is 5.91 Å². The van der Waals surface area contributed by atoms with E-state index in [9.17, 15) is 4.79 Å². The van der Waals surface area contributed by atoms with Crippen molar-refractivity contribution in [3.8, 4) is 0 Å². The number of nitrogens with one attached hydrogen (secondary N) is 4. The third kappa shape index (κ3) is 4.58. The van der Waals surface area contributed by atoms with Gasteiger partial charge in [-0.15, -0.1) is 12.4 Å². The van der Waals surface area contributed by atoms with Crippen LogP contribution in [0, 0.1) is 0 Å². The van der Waals surface area contributed by atoms with Gasteiger partial charge in [-0.3, -0.25) is 4.79 Å². The van der Waals surface area contributed by atoms with E-state index in [0.29, 0.717) is 6.04 Å². The number of halogens is 2. The summed E-state index contributed by atoms with van der Waals surface area (Å²) in [6, 6.07) is 8.23. The molecule has 1 amide bonds. The SMILES string of the molecule is CC1NCCCC1NC(=O)C1CC(c2ccc(Cl)cc2)NN1.Cl. The van der Waals surface area contributed by atoms with Gasteiger partial charge in [-0.05, 0) is 50.4 Å². The van der Waals surface area contributed by atoms with Crippen molar-refractivity contribution >= 4 is 29.9 Å². The lowest BCUT2D eigenvalue weighted by molar-refractivity contribution is -0.124. The lowest BCUT2D eigenvalue weighted by Crippen LogP contribution is -2.55. The van der Waals surface area contributed by atoms with Crippen LogP contribution in [0.4, 0.5) is 0 Å². The highest BCUT2D eigenvalue weighted by Gasteiger charge is 2.32. The third-order valence-corrected chi connectivity index (χ3v) is 4.83. The quantitative estimate of drug-likeness (QED) is 0.666. The summed E-state index contributed by atoms with van der Waals surface area (Å²) in [7, 11) is 0. The molecule has 2 saturated heterocycles. The normalized spacial score (nSPS) is 30.5. The minimum atomic E-state index is -0.199. The van der Waals surface area contributed by atoms with Gasteiger partial charge in [0.25, 0.3) is 0 Å². The van der Waals surface area contributed by atoms with E-state index in [4.69, 9.17) is 11.6 Å². The first-order valence-electron chi connectivity index (χ1n) is 7.94. The molecule has 0 aliphatic carbocycles. The Balaban J connectivity index is 0.00000192. The number of carbonyl (C=O) groups is 1. The molecule has 0 saturated carbocycles. The fraction of sp³-hybridized carbons (Fsp3) is 0.562. The van der Waals surface area contributed by atoms with Gasteiger partial charge in [0.05, 0.1) is 0 Å². The number of amides is 1. The lowest BCUT2D eigenvalue weighted by Gasteiger charge is -2.31. The van der Waals surface area contributed by atoms with Crippen molar-refractivity contribution in [1.82, 2.24) is 21.5 Å². The highest BCUT2D eigenvalue weighted by atomic mass is 35.5. The monoisotopic (exact) mass is 358 g/mol. The Labute approximate surface area is 148 Å². The van der Waals surface area contributed by atoms with E-state index in [1.165, 1.54) is 0 Å². The van der Waals surface area contributed by atoms with E-state index in [2.05, 4.69) is 28.4 Å². The molecular weight excluding hydrogens is 335 g/mol. The van der Waals surface area contributed by atoms with Crippen LogP contribution in [0.15, 0.2) is 24.3 Å². The molecule has 128 valence electrons. The molecule has 4 atom stereocenters. The second kappa shape index (κ2) is 8.31. The molecule has 2 aliphatic rings. The largest absolute Gasteiger partial charge is 0.350 e. The van der Waals surface area contributed by atoms with Crippen LogP contribution >= 0.6 is 24.0 Å². The Hall–Kier alpha value is -0.850. The number of hydrazine groups is 1. The van der Waals surface area contributed by atoms with Crippen LogP contribution in [0.2, 0.25) is 5.02 Å². The first-order chi connectivity index (χ1) is 10.6. The van der Waals surface area contributed by atoms with Gasteiger partial charge in [-0.1, -0.05) is 23.7 Å². The van der Waals surface area contributed by atoms with Crippen molar-refractivity contribution < 1.29 is 4.79 Å². The van der Waals surface area contributed by atoms with Crippen molar-refractivity contribution in [1.29, 1.82) is 0 Å². The standard InChI is InChI=1S/C16H23ClN4O.ClH/c1-10-13(3-2-8-18-10)19-16(22)15-9-14(20-21-15)11-4-6-12(17)7-5-11;/h4-7,10,13-15,18,20-21H,2-3,8-9H2,1H3,(H,19,22);1H. The van der Waals surface area contributed by atoms with Gasteiger partial charge >= 0.3 is 0 Å². The lowest BCUT2D eigenvalue weighted by atomic mass is 9.98. The van der Waals surface area contributed by atoms with E-state index >= 15 is 0 Å². The van der Waals surface area contributed by atoms with Gasteiger partial charge in [0.1, 0.15) is 6.04 Å². The molecular formula is C16H24Cl2N4O. The van der Waals surface area contributed by atoms with E-state index in [0.717, 1.165) is 36.4 Å². The summed E-state index contributed by atoms with van der Waals surface area (Å²) in [4.78, 5) is 12.4. The molecule has 0 aromatic heterocycles. The Bertz CT molecular complexity index is 525. The van der Waals surface area contributed by atoms with E-state index in [1.807, 2.05) is 24.3 Å². The van der Waals surface area contributed by atoms with E-state index in [-0.39, 0.29) is 36.4 Å². The molecule has 7 heteroatoms. The maximum absolute atomic E-state index is 12.4. The number of hydrogen-bond donors (Lipinski definition) is 4. The van der Waals surface area contributed by atoms with E-state index < -0.39 is 0 Å². The van der Waals surface area contributed by atoms with Gasteiger partial charge in [0.15, 0.2) is 0 Å². The van der Waals surface area contributed by atoms with Crippen molar-refractivity contribution in [3.05, 3.63) is 34.9 Å². The third-order valence-electron chi connectivity index (χ3n) is 4.58. The van der Waals surface area contributed by atoms with Crippen molar-refractivity contribution in [2.24, 2.45) is 0 Å². The molecule has 0 bridgehead atoms. The average molecular weight is 359 g/mol. The van der Waals surface area contributed by atoms with E-state index in [1.54, 1.807) is 0 Å². The molecule has 4 N–H and O–H groups in total. The smallest absolute Gasteiger partial charge is 0.238 e. The predicted molar refractivity (Wildman–Crippen MR) is 94.7 cm³/mol. The number of rotatable bonds is 3. The summed E-state index contributed by atoms with van der Waals surface area (Å²) in [5.41, 5.74) is 7.45. The van der Waals surface area contributed by atoms with Crippen LogP contribution in [0.3, 0.4) is 0 Å². The average Bonchev–Trinajstić information content (AvgIpc) is 3.00. The molecule has 0 radical (unpaired) electrons. The number of benzene rings is 1. The topological polar surface area (TPSA) is 65.2 Å². The summed E-state index contributed by atoms with van der Waals surface area (Å²) < 4.78 is 0. The summed E-state index contributed by atoms with van der Waals surface area (Å²) in [6.07, 6.45) is 2.89. The summed E-state index contributed by atoms with van der Waals surface area (Å²) in [6.45, 7) is 3.16. The number of carbonyl (C=O) groups excluding carboxylic acids is 1. The maximum Gasteiger partial charge on any atom is 0.238 e. The van der Waals surface area contributed by atoms with Crippen molar-refractivity contribution in [2.75, 3.05) is 6.54 Å². The summed E-state index contributed by atoms with van der Waals surface area (Å²) >= 11 is 5.91. The zero-order chi connectivity index (χ0) is 15.5. The second-order valence-corrected chi connectivity index (χ2v) is 6.62. The highest BCUT2D eigenvalue weighted by molar-refractivity contribution is 6.30. The summed E-state index contributed by atoms with van der Waals surface area (Å²) in [5.74, 6) is 0.0736. The highest BCUT2D eigenvalue weighted by Crippen LogP contribution is 2.24. The van der Waals surface area contributed by atoms with Gasteiger partial charge in [0, 0.05) is 23.1 Å². The first kappa shape index (κ1) is 18.5. The van der Waals surface area contributed by atoms with Crippen LogP contribution in [-0.4, -0.2) is 30.6 Å². The fourth-order valence-electron chi connectivity index (χ4n) is 3.17. The Kier molecular flexibility index (Phi) is 6.68. The van der Waals surface area contributed by atoms with Crippen LogP contribution < -0.4 is 21.5 Å². The zero-order valence-electron chi connectivity index (χ0n) is 13.1. The molecule has 2 heterocycles. The molecule has 1 aromatic carbocycles. The maximum atomic E-state index is 12.4. The van der Waals surface area contributed by atoms with Gasteiger partial charge < -0.3 is 10.6 Å². The van der Waals surface area contributed by atoms with Crippen LogP contribution in [0.5, 0.6) is 0 Å². The van der Waals surface area contributed by atoms with Gasteiger partial charge in [-0.2, -0.15) is 0 Å². The van der Waals surface area contributed by atoms with Crippen LogP contribution in [0.1, 0.15) is 37.8 Å². The molecule has 2 aliphatic heterocycles. The number of hydrogen-bond acceptors (Lipinski definition) is 4.